The second-order valence-corrected chi connectivity index (χ2v) is 7.83. The lowest BCUT2D eigenvalue weighted by atomic mass is 10.1. The van der Waals surface area contributed by atoms with E-state index in [1.54, 1.807) is 0 Å². The normalized spacial score (nSPS) is 20.7. The summed E-state index contributed by atoms with van der Waals surface area (Å²) >= 11 is 6.44. The van der Waals surface area contributed by atoms with Crippen LogP contribution in [0.25, 0.3) is 0 Å². The van der Waals surface area contributed by atoms with Crippen molar-refractivity contribution >= 4 is 17.5 Å². The Labute approximate surface area is 167 Å². The summed E-state index contributed by atoms with van der Waals surface area (Å²) < 4.78 is 0. The molecule has 0 spiro atoms. The third-order valence-corrected chi connectivity index (χ3v) is 5.93. The predicted molar refractivity (Wildman–Crippen MR) is 108 cm³/mol. The van der Waals surface area contributed by atoms with E-state index in [2.05, 4.69) is 26.1 Å². The van der Waals surface area contributed by atoms with Crippen molar-refractivity contribution in [3.63, 3.8) is 0 Å². The first-order chi connectivity index (χ1) is 13.2. The fourth-order valence-corrected chi connectivity index (χ4v) is 4.28. The highest BCUT2D eigenvalue weighted by Gasteiger charge is 2.26. The molecule has 27 heavy (non-hydrogen) atoms. The number of carbonyl (C=O) groups excluding carboxylic acids is 1. The summed E-state index contributed by atoms with van der Waals surface area (Å²) in [5, 5.41) is 12.9. The predicted octanol–water partition coefficient (Wildman–Crippen LogP) is 1.20. The third-order valence-electron chi connectivity index (χ3n) is 5.59. The second kappa shape index (κ2) is 10.4. The number of aliphatic hydroxyl groups is 1. The van der Waals surface area contributed by atoms with Crippen LogP contribution in [0, 0.1) is 0 Å². The van der Waals surface area contributed by atoms with Gasteiger partial charge in [0.1, 0.15) is 0 Å². The van der Waals surface area contributed by atoms with Crippen molar-refractivity contribution in [2.45, 2.75) is 18.9 Å². The number of amides is 1. The molecule has 6 nitrogen and oxygen atoms in total. The van der Waals surface area contributed by atoms with Gasteiger partial charge in [-0.3, -0.25) is 19.5 Å². The molecule has 2 aliphatic rings. The van der Waals surface area contributed by atoms with Crippen LogP contribution in [0.1, 0.15) is 24.4 Å². The van der Waals surface area contributed by atoms with E-state index in [9.17, 15) is 4.79 Å². The lowest BCUT2D eigenvalue weighted by Crippen LogP contribution is -2.50. The number of carbonyl (C=O) groups is 1. The highest BCUT2D eigenvalue weighted by atomic mass is 35.5. The van der Waals surface area contributed by atoms with Crippen molar-refractivity contribution in [1.82, 2.24) is 20.0 Å². The quantitative estimate of drug-likeness (QED) is 0.694. The Morgan fingerprint density at radius 1 is 1.07 bits per heavy atom. The Morgan fingerprint density at radius 3 is 2.41 bits per heavy atom. The van der Waals surface area contributed by atoms with Gasteiger partial charge in [-0.15, -0.1) is 0 Å². The van der Waals surface area contributed by atoms with Crippen LogP contribution in [0.2, 0.25) is 5.02 Å². The van der Waals surface area contributed by atoms with E-state index in [0.29, 0.717) is 13.1 Å². The molecule has 150 valence electrons. The molecule has 1 unspecified atom stereocenters. The molecule has 0 aliphatic carbocycles. The Hall–Kier alpha value is -1.18. The fraction of sp³-hybridized carbons (Fsp3) is 0.650. The van der Waals surface area contributed by atoms with Crippen LogP contribution < -0.4 is 5.32 Å². The number of likely N-dealkylation sites (tertiary alicyclic amines) is 1. The van der Waals surface area contributed by atoms with Crippen LogP contribution in [-0.2, 0) is 4.79 Å². The van der Waals surface area contributed by atoms with Gasteiger partial charge in [-0.1, -0.05) is 29.8 Å². The van der Waals surface area contributed by atoms with Crippen molar-refractivity contribution in [1.29, 1.82) is 0 Å². The maximum atomic E-state index is 12.5. The van der Waals surface area contributed by atoms with Gasteiger partial charge in [-0.05, 0) is 37.6 Å². The van der Waals surface area contributed by atoms with Gasteiger partial charge in [0.05, 0.1) is 19.2 Å². The molecule has 2 saturated heterocycles. The summed E-state index contributed by atoms with van der Waals surface area (Å²) in [6.45, 7) is 7.59. The van der Waals surface area contributed by atoms with E-state index >= 15 is 0 Å². The molecular weight excluding hydrogens is 364 g/mol. The Kier molecular flexibility index (Phi) is 7.91. The van der Waals surface area contributed by atoms with Crippen LogP contribution in [0.4, 0.5) is 0 Å². The third kappa shape index (κ3) is 5.90. The molecule has 0 saturated carbocycles. The first kappa shape index (κ1) is 20.6. The van der Waals surface area contributed by atoms with Crippen molar-refractivity contribution in [2.24, 2.45) is 0 Å². The molecule has 1 amide bonds. The van der Waals surface area contributed by atoms with E-state index in [0.717, 1.165) is 56.4 Å². The number of benzene rings is 1. The molecule has 1 atom stereocenters. The number of nitrogens with zero attached hydrogens (tertiary/aromatic N) is 3. The number of hydrogen-bond donors (Lipinski definition) is 2. The minimum Gasteiger partial charge on any atom is -0.395 e. The summed E-state index contributed by atoms with van der Waals surface area (Å²) in [5.41, 5.74) is 1.10. The van der Waals surface area contributed by atoms with Gasteiger partial charge >= 0.3 is 0 Å². The molecule has 1 aromatic carbocycles. The number of hydrogen-bond acceptors (Lipinski definition) is 5. The zero-order valence-electron chi connectivity index (χ0n) is 15.9. The minimum atomic E-state index is 0.0712. The molecule has 7 heteroatoms. The molecule has 2 N–H and O–H groups in total. The summed E-state index contributed by atoms with van der Waals surface area (Å²) in [6.07, 6.45) is 2.40. The van der Waals surface area contributed by atoms with Crippen molar-refractivity contribution in [3.8, 4) is 0 Å². The highest BCUT2D eigenvalue weighted by molar-refractivity contribution is 6.31. The number of rotatable bonds is 8. The van der Waals surface area contributed by atoms with Gasteiger partial charge in [0.15, 0.2) is 0 Å². The number of β-amino-alcohol motifs (C(OH)–C–C–N with tert-alkyl or cyclic N) is 1. The average molecular weight is 395 g/mol. The topological polar surface area (TPSA) is 59.1 Å². The maximum Gasteiger partial charge on any atom is 0.234 e. The number of nitrogens with one attached hydrogen (secondary N) is 1. The summed E-state index contributed by atoms with van der Waals surface area (Å²) in [7, 11) is 0. The van der Waals surface area contributed by atoms with Crippen molar-refractivity contribution in [3.05, 3.63) is 34.9 Å². The summed E-state index contributed by atoms with van der Waals surface area (Å²) in [6, 6.07) is 8.08. The number of aliphatic hydroxyl groups excluding tert-OH is 1. The van der Waals surface area contributed by atoms with E-state index in [1.165, 1.54) is 12.8 Å². The molecular formula is C20H31ClN4O2. The standard InChI is InChI=1S/C20H31ClN4O2/c21-18-6-2-1-5-17(18)19(25-7-3-4-8-25)15-22-20(27)16-24-11-9-23(10-12-24)13-14-26/h1-2,5-6,19,26H,3-4,7-16H2,(H,22,27). The molecule has 2 heterocycles. The van der Waals surface area contributed by atoms with Crippen LogP contribution in [0.5, 0.6) is 0 Å². The maximum absolute atomic E-state index is 12.5. The lowest BCUT2D eigenvalue weighted by molar-refractivity contribution is -0.122. The van der Waals surface area contributed by atoms with E-state index in [-0.39, 0.29) is 18.6 Å². The van der Waals surface area contributed by atoms with Crippen LogP contribution in [-0.4, -0.2) is 91.2 Å². The fourth-order valence-electron chi connectivity index (χ4n) is 4.02. The van der Waals surface area contributed by atoms with Gasteiger partial charge in [-0.2, -0.15) is 0 Å². The average Bonchev–Trinajstić information content (AvgIpc) is 3.20. The molecule has 2 aliphatic heterocycles. The van der Waals surface area contributed by atoms with E-state index in [1.807, 2.05) is 18.2 Å². The largest absolute Gasteiger partial charge is 0.395 e. The first-order valence-electron chi connectivity index (χ1n) is 9.98. The molecule has 2 fully saturated rings. The Balaban J connectivity index is 1.51. The number of halogens is 1. The van der Waals surface area contributed by atoms with Gasteiger partial charge in [0.2, 0.25) is 5.91 Å². The second-order valence-electron chi connectivity index (χ2n) is 7.43. The number of piperazine rings is 1. The van der Waals surface area contributed by atoms with Crippen LogP contribution in [0.15, 0.2) is 24.3 Å². The Bertz CT molecular complexity index is 601. The van der Waals surface area contributed by atoms with Crippen LogP contribution >= 0.6 is 11.6 Å². The van der Waals surface area contributed by atoms with Crippen LogP contribution in [0.3, 0.4) is 0 Å². The van der Waals surface area contributed by atoms with E-state index in [4.69, 9.17) is 16.7 Å². The zero-order chi connectivity index (χ0) is 19.1. The summed E-state index contributed by atoms with van der Waals surface area (Å²) in [4.78, 5) is 19.3. The molecule has 0 bridgehead atoms. The van der Waals surface area contributed by atoms with Gasteiger partial charge < -0.3 is 10.4 Å². The summed E-state index contributed by atoms with van der Waals surface area (Å²) in [5.74, 6) is 0.0712. The van der Waals surface area contributed by atoms with Gasteiger partial charge in [-0.25, -0.2) is 0 Å². The Morgan fingerprint density at radius 2 is 1.74 bits per heavy atom. The zero-order valence-corrected chi connectivity index (χ0v) is 16.7. The van der Waals surface area contributed by atoms with Gasteiger partial charge in [0.25, 0.3) is 0 Å². The smallest absolute Gasteiger partial charge is 0.234 e. The van der Waals surface area contributed by atoms with E-state index < -0.39 is 0 Å². The van der Waals surface area contributed by atoms with Gasteiger partial charge in [0, 0.05) is 44.3 Å². The highest BCUT2D eigenvalue weighted by Crippen LogP contribution is 2.29. The monoisotopic (exact) mass is 394 g/mol. The first-order valence-corrected chi connectivity index (χ1v) is 10.4. The lowest BCUT2D eigenvalue weighted by Gasteiger charge is -2.34. The molecule has 0 aromatic heterocycles. The SMILES string of the molecule is O=C(CN1CCN(CCO)CC1)NCC(c1ccccc1Cl)N1CCCC1. The van der Waals surface area contributed by atoms with Crippen molar-refractivity contribution in [2.75, 3.05) is 65.5 Å². The molecule has 0 radical (unpaired) electrons. The molecule has 3 rings (SSSR count). The minimum absolute atomic E-state index is 0.0712. The molecule has 1 aromatic rings. The van der Waals surface area contributed by atoms with Crippen molar-refractivity contribution < 1.29 is 9.90 Å².